The van der Waals surface area contributed by atoms with Crippen molar-refractivity contribution in [1.82, 2.24) is 14.5 Å². The second-order valence-corrected chi connectivity index (χ2v) is 8.42. The maximum Gasteiger partial charge on any atom is 0.488 e. The molecule has 0 radical (unpaired) electrons. The third kappa shape index (κ3) is 3.97. The van der Waals surface area contributed by atoms with Crippen LogP contribution in [0.5, 0.6) is 0 Å². The second kappa shape index (κ2) is 8.81. The van der Waals surface area contributed by atoms with Gasteiger partial charge in [-0.15, -0.1) is 0 Å². The van der Waals surface area contributed by atoms with Crippen molar-refractivity contribution in [2.75, 3.05) is 17.2 Å². The second-order valence-electron chi connectivity index (χ2n) is 8.42. The van der Waals surface area contributed by atoms with Crippen molar-refractivity contribution in [3.8, 4) is 5.95 Å². The van der Waals surface area contributed by atoms with Crippen molar-refractivity contribution in [3.05, 3.63) is 71.0 Å². The molecule has 1 aliphatic rings. The number of carbonyl (C=O) groups is 1. The zero-order valence-corrected chi connectivity index (χ0v) is 18.7. The number of primary amides is 1. The number of rotatable bonds is 6. The molecule has 0 bridgehead atoms. The molecular formula is C24H25BN6O3. The highest BCUT2D eigenvalue weighted by atomic mass is 16.4. The minimum atomic E-state index is -1.52. The number of aromatic nitrogens is 3. The lowest BCUT2D eigenvalue weighted by Crippen LogP contribution is -2.30. The fourth-order valence-corrected chi connectivity index (χ4v) is 4.45. The van der Waals surface area contributed by atoms with Crippen LogP contribution in [0.1, 0.15) is 33.7 Å². The Morgan fingerprint density at radius 3 is 2.82 bits per heavy atom. The average Bonchev–Trinajstić information content (AvgIpc) is 3.18. The summed E-state index contributed by atoms with van der Waals surface area (Å²) in [5, 5.41) is 26.5. The Kier molecular flexibility index (Phi) is 5.68. The molecule has 1 aliphatic heterocycles. The molecule has 5 rings (SSSR count). The summed E-state index contributed by atoms with van der Waals surface area (Å²) >= 11 is 0. The number of anilines is 2. The van der Waals surface area contributed by atoms with E-state index in [4.69, 9.17) is 15.7 Å². The number of nitrogens with two attached hydrogens (primary N) is 1. The molecule has 4 aromatic rings. The molecule has 2 aromatic heterocycles. The van der Waals surface area contributed by atoms with Crippen LogP contribution < -0.4 is 21.8 Å². The number of nitrogens with zero attached hydrogens (tertiary/aromatic N) is 3. The predicted octanol–water partition coefficient (Wildman–Crippen LogP) is 1.48. The van der Waals surface area contributed by atoms with E-state index in [-0.39, 0.29) is 0 Å². The lowest BCUT2D eigenvalue weighted by atomic mass is 9.80. The van der Waals surface area contributed by atoms with Crippen molar-refractivity contribution < 1.29 is 14.8 Å². The van der Waals surface area contributed by atoms with E-state index < -0.39 is 13.0 Å². The van der Waals surface area contributed by atoms with Crippen molar-refractivity contribution >= 4 is 40.9 Å². The van der Waals surface area contributed by atoms with Crippen LogP contribution in [0.4, 0.5) is 11.5 Å². The molecule has 2 aromatic carbocycles. The molecule has 6 N–H and O–H groups in total. The lowest BCUT2D eigenvalue weighted by Gasteiger charge is -2.22. The first-order valence-corrected chi connectivity index (χ1v) is 11.2. The number of fused-ring (bicyclic) bond motifs is 2. The maximum atomic E-state index is 11.9. The molecule has 0 spiro atoms. The van der Waals surface area contributed by atoms with E-state index in [1.807, 2.05) is 29.7 Å². The van der Waals surface area contributed by atoms with Crippen LogP contribution in [0.2, 0.25) is 0 Å². The van der Waals surface area contributed by atoms with Crippen LogP contribution in [-0.4, -0.2) is 44.2 Å². The Bertz CT molecular complexity index is 1400. The van der Waals surface area contributed by atoms with Crippen molar-refractivity contribution in [3.63, 3.8) is 0 Å². The molecule has 0 fully saturated rings. The number of nitrogens with one attached hydrogen (secondary N) is 2. The molecule has 34 heavy (non-hydrogen) atoms. The fraction of sp³-hybridized carbons (Fsp3) is 0.208. The zero-order chi connectivity index (χ0) is 23.8. The molecule has 9 nitrogen and oxygen atoms in total. The smallest absolute Gasteiger partial charge is 0.423 e. The largest absolute Gasteiger partial charge is 0.488 e. The Morgan fingerprint density at radius 1 is 1.21 bits per heavy atom. The molecule has 172 valence electrons. The van der Waals surface area contributed by atoms with Gasteiger partial charge < -0.3 is 26.4 Å². The minimum Gasteiger partial charge on any atom is -0.423 e. The fourth-order valence-electron chi connectivity index (χ4n) is 4.45. The highest BCUT2D eigenvalue weighted by molar-refractivity contribution is 6.58. The number of hydrogen-bond acceptors (Lipinski definition) is 7. The summed E-state index contributed by atoms with van der Waals surface area (Å²) in [5.74, 6) is 0.705. The molecule has 10 heteroatoms. The van der Waals surface area contributed by atoms with Crippen LogP contribution in [0.15, 0.2) is 48.5 Å². The molecule has 3 heterocycles. The van der Waals surface area contributed by atoms with Gasteiger partial charge >= 0.3 is 7.12 Å². The molecular weight excluding hydrogens is 431 g/mol. The van der Waals surface area contributed by atoms with Crippen LogP contribution in [0.25, 0.3) is 16.9 Å². The number of hydrogen-bond donors (Lipinski definition) is 5. The van der Waals surface area contributed by atoms with Gasteiger partial charge in [-0.05, 0) is 49.0 Å². The summed E-state index contributed by atoms with van der Waals surface area (Å²) in [5.41, 5.74) is 10.9. The summed E-state index contributed by atoms with van der Waals surface area (Å²) < 4.78 is 1.94. The van der Waals surface area contributed by atoms with Gasteiger partial charge in [0.05, 0.1) is 16.9 Å². The van der Waals surface area contributed by atoms with E-state index in [9.17, 15) is 14.8 Å². The van der Waals surface area contributed by atoms with Crippen molar-refractivity contribution in [2.24, 2.45) is 5.73 Å². The molecule has 0 aliphatic carbocycles. The highest BCUT2D eigenvalue weighted by Crippen LogP contribution is 2.31. The van der Waals surface area contributed by atoms with Gasteiger partial charge in [0.15, 0.2) is 5.82 Å². The molecule has 1 amide bonds. The Balaban J connectivity index is 1.57. The van der Waals surface area contributed by atoms with Gasteiger partial charge in [-0.25, -0.2) is 4.98 Å². The summed E-state index contributed by atoms with van der Waals surface area (Å²) in [7, 11) is -1.52. The van der Waals surface area contributed by atoms with Gasteiger partial charge in [-0.1, -0.05) is 30.3 Å². The Morgan fingerprint density at radius 2 is 2.03 bits per heavy atom. The third-order valence-corrected chi connectivity index (χ3v) is 6.07. The Hall–Kier alpha value is -3.89. The van der Waals surface area contributed by atoms with E-state index in [1.54, 1.807) is 30.3 Å². The SMILES string of the molecule is Cc1cc2c(C(N)=O)cccc2n1-c1nc2c(c(NCc3cccc(B(O)O)c3)n1)NCCC2. The van der Waals surface area contributed by atoms with Gasteiger partial charge in [0, 0.05) is 29.7 Å². The molecule has 0 saturated heterocycles. The predicted molar refractivity (Wildman–Crippen MR) is 133 cm³/mol. The van der Waals surface area contributed by atoms with Crippen LogP contribution in [0, 0.1) is 6.92 Å². The zero-order valence-electron chi connectivity index (χ0n) is 18.7. The molecule has 0 atom stereocenters. The highest BCUT2D eigenvalue weighted by Gasteiger charge is 2.21. The monoisotopic (exact) mass is 456 g/mol. The summed E-state index contributed by atoms with van der Waals surface area (Å²) in [6.07, 6.45) is 1.79. The van der Waals surface area contributed by atoms with Crippen molar-refractivity contribution in [2.45, 2.75) is 26.3 Å². The normalized spacial score (nSPS) is 12.8. The maximum absolute atomic E-state index is 11.9. The van der Waals surface area contributed by atoms with Gasteiger partial charge in [-0.3, -0.25) is 9.36 Å². The first-order chi connectivity index (χ1) is 16.4. The summed E-state index contributed by atoms with van der Waals surface area (Å²) in [6, 6.07) is 14.5. The van der Waals surface area contributed by atoms with Crippen LogP contribution in [-0.2, 0) is 13.0 Å². The molecule has 0 saturated carbocycles. The van der Waals surface area contributed by atoms with Gasteiger partial charge in [0.2, 0.25) is 11.9 Å². The summed E-state index contributed by atoms with van der Waals surface area (Å²) in [6.45, 7) is 3.23. The lowest BCUT2D eigenvalue weighted by molar-refractivity contribution is 0.100. The molecule has 0 unspecified atom stereocenters. The van der Waals surface area contributed by atoms with Gasteiger partial charge in [0.1, 0.15) is 0 Å². The van der Waals surface area contributed by atoms with Crippen molar-refractivity contribution in [1.29, 1.82) is 0 Å². The van der Waals surface area contributed by atoms with Crippen LogP contribution in [0.3, 0.4) is 0 Å². The van der Waals surface area contributed by atoms with Gasteiger partial charge in [-0.2, -0.15) is 4.98 Å². The first kappa shape index (κ1) is 21.9. The van der Waals surface area contributed by atoms with E-state index in [0.29, 0.717) is 29.3 Å². The van der Waals surface area contributed by atoms with E-state index in [1.165, 1.54) is 0 Å². The average molecular weight is 456 g/mol. The van der Waals surface area contributed by atoms with E-state index >= 15 is 0 Å². The standard InChI is InChI=1S/C24H25BN6O3/c1-14-11-18-17(22(26)32)7-3-9-20(18)31(14)24-29-19-8-4-10-27-21(19)23(30-24)28-13-15-5-2-6-16(12-15)25(33)34/h2-3,5-7,9,11-12,27,33-34H,4,8,10,13H2,1H3,(H2,26,32)(H,28,29,30). The van der Waals surface area contributed by atoms with E-state index in [2.05, 4.69) is 10.6 Å². The van der Waals surface area contributed by atoms with E-state index in [0.717, 1.165) is 52.9 Å². The third-order valence-electron chi connectivity index (χ3n) is 6.07. The number of aryl methyl sites for hydroxylation is 2. The summed E-state index contributed by atoms with van der Waals surface area (Å²) in [4.78, 5) is 21.6. The van der Waals surface area contributed by atoms with Crippen LogP contribution >= 0.6 is 0 Å². The Labute approximate surface area is 196 Å². The minimum absolute atomic E-state index is 0.433. The number of benzene rings is 2. The van der Waals surface area contributed by atoms with Gasteiger partial charge in [0.25, 0.3) is 0 Å². The number of carbonyl (C=O) groups excluding carboxylic acids is 1. The quantitative estimate of drug-likeness (QED) is 0.277. The topological polar surface area (TPSA) is 138 Å². The first-order valence-electron chi connectivity index (χ1n) is 11.2. The number of amides is 1.